The molecule has 2 aromatic carbocycles. The maximum atomic E-state index is 13.1. The highest BCUT2D eigenvalue weighted by Crippen LogP contribution is 2.41. The highest BCUT2D eigenvalue weighted by Gasteiger charge is 2.24. The standard InChI is InChI=1S/C17H10ClFN2O7/c18-11-5-9(19)2-1-7(11)6-20-16(24)10-3-8-4-12(21(26)27)13(22)14(23)15(8)28-17(10)25/h1-5,22-23H,6H2,(H,20,24). The molecule has 3 aromatic rings. The summed E-state index contributed by atoms with van der Waals surface area (Å²) in [7, 11) is 0. The Bertz CT molecular complexity index is 1190. The molecule has 0 atom stereocenters. The molecule has 0 aliphatic carbocycles. The number of fused-ring (bicyclic) bond motifs is 1. The first-order chi connectivity index (χ1) is 13.2. The first-order valence-corrected chi connectivity index (χ1v) is 7.96. The number of nitrogens with zero attached hydrogens (tertiary/aromatic N) is 1. The number of carbonyl (C=O) groups excluding carboxylic acids is 1. The van der Waals surface area contributed by atoms with Crippen molar-refractivity contribution in [2.24, 2.45) is 0 Å². The fraction of sp³-hybridized carbons (Fsp3) is 0.0588. The molecule has 9 nitrogen and oxygen atoms in total. The van der Waals surface area contributed by atoms with Crippen molar-refractivity contribution >= 4 is 34.2 Å². The summed E-state index contributed by atoms with van der Waals surface area (Å²) in [6, 6.07) is 5.38. The second-order valence-electron chi connectivity index (χ2n) is 5.63. The topological polar surface area (TPSA) is 143 Å². The van der Waals surface area contributed by atoms with E-state index in [4.69, 9.17) is 16.0 Å². The van der Waals surface area contributed by atoms with E-state index in [0.29, 0.717) is 5.56 Å². The first-order valence-electron chi connectivity index (χ1n) is 7.58. The van der Waals surface area contributed by atoms with E-state index in [9.17, 15) is 34.3 Å². The zero-order valence-corrected chi connectivity index (χ0v) is 14.5. The fourth-order valence-electron chi connectivity index (χ4n) is 2.46. The summed E-state index contributed by atoms with van der Waals surface area (Å²) in [5, 5.41) is 32.7. The summed E-state index contributed by atoms with van der Waals surface area (Å²) in [5.41, 5.74) is -2.58. The van der Waals surface area contributed by atoms with Crippen LogP contribution in [0.4, 0.5) is 10.1 Å². The van der Waals surface area contributed by atoms with E-state index in [0.717, 1.165) is 24.3 Å². The second kappa shape index (κ2) is 7.16. The smallest absolute Gasteiger partial charge is 0.349 e. The molecular weight excluding hydrogens is 399 g/mol. The maximum Gasteiger partial charge on any atom is 0.349 e. The van der Waals surface area contributed by atoms with Crippen molar-refractivity contribution in [3.05, 3.63) is 72.8 Å². The molecule has 1 amide bonds. The van der Waals surface area contributed by atoms with Gasteiger partial charge in [0, 0.05) is 23.0 Å². The molecule has 0 saturated carbocycles. The van der Waals surface area contributed by atoms with Gasteiger partial charge in [-0.1, -0.05) is 17.7 Å². The lowest BCUT2D eigenvalue weighted by Gasteiger charge is -2.08. The van der Waals surface area contributed by atoms with Crippen molar-refractivity contribution in [2.75, 3.05) is 0 Å². The summed E-state index contributed by atoms with van der Waals surface area (Å²) in [6.45, 7) is -0.129. The maximum absolute atomic E-state index is 13.1. The number of nitro groups is 1. The van der Waals surface area contributed by atoms with Crippen molar-refractivity contribution in [3.8, 4) is 11.5 Å². The molecule has 0 saturated heterocycles. The summed E-state index contributed by atoms with van der Waals surface area (Å²) >= 11 is 5.86. The SMILES string of the molecule is O=C(NCc1ccc(F)cc1Cl)c1cc2cc([N+](=O)[O-])c(O)c(O)c2oc1=O. The normalized spacial score (nSPS) is 10.8. The minimum Gasteiger partial charge on any atom is -0.501 e. The first kappa shape index (κ1) is 19.1. The largest absolute Gasteiger partial charge is 0.501 e. The number of phenols is 2. The molecule has 11 heteroatoms. The van der Waals surface area contributed by atoms with Crippen molar-refractivity contribution in [2.45, 2.75) is 6.54 Å². The van der Waals surface area contributed by atoms with E-state index in [2.05, 4.69) is 5.32 Å². The van der Waals surface area contributed by atoms with E-state index in [1.807, 2.05) is 0 Å². The lowest BCUT2D eigenvalue weighted by atomic mass is 10.1. The molecule has 3 rings (SSSR count). The van der Waals surface area contributed by atoms with Gasteiger partial charge in [-0.2, -0.15) is 0 Å². The lowest BCUT2D eigenvalue weighted by Crippen LogP contribution is -2.28. The number of hydrogen-bond acceptors (Lipinski definition) is 7. The molecule has 1 heterocycles. The van der Waals surface area contributed by atoms with Crippen LogP contribution in [0.1, 0.15) is 15.9 Å². The monoisotopic (exact) mass is 408 g/mol. The van der Waals surface area contributed by atoms with Gasteiger partial charge in [0.25, 0.3) is 5.91 Å². The molecule has 144 valence electrons. The van der Waals surface area contributed by atoms with Crippen molar-refractivity contribution < 1.29 is 28.7 Å². The molecule has 0 unspecified atom stereocenters. The highest BCUT2D eigenvalue weighted by molar-refractivity contribution is 6.31. The van der Waals surface area contributed by atoms with Crippen LogP contribution in [0.25, 0.3) is 11.0 Å². The summed E-state index contributed by atoms with van der Waals surface area (Å²) < 4.78 is 17.9. The number of carbonyl (C=O) groups is 1. The Morgan fingerprint density at radius 3 is 2.61 bits per heavy atom. The molecule has 0 aliphatic rings. The van der Waals surface area contributed by atoms with Gasteiger partial charge in [0.2, 0.25) is 11.5 Å². The van der Waals surface area contributed by atoms with Crippen LogP contribution >= 0.6 is 11.6 Å². The Balaban J connectivity index is 1.97. The zero-order chi connectivity index (χ0) is 20.6. The number of halogens is 2. The van der Waals surface area contributed by atoms with Gasteiger partial charge in [0.05, 0.1) is 4.92 Å². The molecule has 3 N–H and O–H groups in total. The fourth-order valence-corrected chi connectivity index (χ4v) is 2.69. The number of amides is 1. The quantitative estimate of drug-likeness (QED) is 0.260. The molecule has 28 heavy (non-hydrogen) atoms. The Hall–Kier alpha value is -3.66. The number of hydrogen-bond donors (Lipinski definition) is 3. The number of benzene rings is 2. The van der Waals surface area contributed by atoms with Gasteiger partial charge in [-0.25, -0.2) is 9.18 Å². The van der Waals surface area contributed by atoms with Crippen LogP contribution in [0.2, 0.25) is 5.02 Å². The minimum absolute atomic E-state index is 0.0712. The average molecular weight is 409 g/mol. The van der Waals surface area contributed by atoms with Crippen LogP contribution < -0.4 is 10.9 Å². The van der Waals surface area contributed by atoms with Crippen LogP contribution in [0.3, 0.4) is 0 Å². The third kappa shape index (κ3) is 3.45. The molecule has 0 radical (unpaired) electrons. The molecule has 0 bridgehead atoms. The van der Waals surface area contributed by atoms with Crippen molar-refractivity contribution in [1.82, 2.24) is 5.32 Å². The number of phenolic OH excluding ortho intramolecular Hbond substituents is 2. The summed E-state index contributed by atoms with van der Waals surface area (Å²) in [6.07, 6.45) is 0. The summed E-state index contributed by atoms with van der Waals surface area (Å²) in [5.74, 6) is -3.50. The second-order valence-corrected chi connectivity index (χ2v) is 6.04. The molecular formula is C17H10ClFN2O7. The van der Waals surface area contributed by atoms with Gasteiger partial charge in [-0.3, -0.25) is 14.9 Å². The van der Waals surface area contributed by atoms with E-state index in [1.54, 1.807) is 0 Å². The highest BCUT2D eigenvalue weighted by atomic mass is 35.5. The number of rotatable bonds is 4. The van der Waals surface area contributed by atoms with Crippen LogP contribution in [0.5, 0.6) is 11.5 Å². The van der Waals surface area contributed by atoms with E-state index in [1.165, 1.54) is 6.07 Å². The Morgan fingerprint density at radius 2 is 1.96 bits per heavy atom. The van der Waals surface area contributed by atoms with Gasteiger partial charge >= 0.3 is 11.3 Å². The summed E-state index contributed by atoms with van der Waals surface area (Å²) in [4.78, 5) is 34.3. The van der Waals surface area contributed by atoms with Crippen molar-refractivity contribution in [1.29, 1.82) is 0 Å². The van der Waals surface area contributed by atoms with Crippen LogP contribution in [-0.2, 0) is 6.54 Å². The lowest BCUT2D eigenvalue weighted by molar-refractivity contribution is -0.385. The molecule has 0 fully saturated rings. The number of aromatic hydroxyl groups is 2. The van der Waals surface area contributed by atoms with E-state index >= 15 is 0 Å². The van der Waals surface area contributed by atoms with Crippen molar-refractivity contribution in [3.63, 3.8) is 0 Å². The van der Waals surface area contributed by atoms with Gasteiger partial charge in [0.15, 0.2) is 5.58 Å². The predicted octanol–water partition coefficient (Wildman–Crippen LogP) is 2.83. The predicted molar refractivity (Wildman–Crippen MR) is 95.0 cm³/mol. The molecule has 0 spiro atoms. The molecule has 0 aliphatic heterocycles. The third-order valence-electron chi connectivity index (χ3n) is 3.85. The third-order valence-corrected chi connectivity index (χ3v) is 4.20. The van der Waals surface area contributed by atoms with Gasteiger partial charge in [-0.05, 0) is 23.8 Å². The number of nitrogens with one attached hydrogen (secondary N) is 1. The number of nitro benzene ring substituents is 1. The Labute approximate surface area is 159 Å². The molecule has 1 aromatic heterocycles. The van der Waals surface area contributed by atoms with Crippen LogP contribution in [0.15, 0.2) is 39.5 Å². The van der Waals surface area contributed by atoms with E-state index in [-0.39, 0.29) is 17.0 Å². The Morgan fingerprint density at radius 1 is 1.25 bits per heavy atom. The van der Waals surface area contributed by atoms with E-state index < -0.39 is 50.6 Å². The zero-order valence-electron chi connectivity index (χ0n) is 13.7. The van der Waals surface area contributed by atoms with Gasteiger partial charge < -0.3 is 19.9 Å². The van der Waals surface area contributed by atoms with Crippen LogP contribution in [0, 0.1) is 15.9 Å². The van der Waals surface area contributed by atoms with Crippen LogP contribution in [-0.4, -0.2) is 21.0 Å². The average Bonchev–Trinajstić information content (AvgIpc) is 2.63. The minimum atomic E-state index is -1.14. The van der Waals surface area contributed by atoms with Gasteiger partial charge in [-0.15, -0.1) is 0 Å². The Kier molecular flexibility index (Phi) is 4.89. The van der Waals surface area contributed by atoms with Gasteiger partial charge in [0.1, 0.15) is 11.4 Å².